The van der Waals surface area contributed by atoms with Gasteiger partial charge in [-0.2, -0.15) is 0 Å². The molecule has 2 aromatic rings. The van der Waals surface area contributed by atoms with E-state index in [1.807, 2.05) is 18.2 Å². The van der Waals surface area contributed by atoms with E-state index in [0.717, 1.165) is 62.2 Å². The number of rotatable bonds is 6. The van der Waals surface area contributed by atoms with Crippen LogP contribution in [-0.2, 0) is 11.3 Å². The second-order valence-corrected chi connectivity index (χ2v) is 6.89. The molecule has 1 aromatic heterocycles. The lowest BCUT2D eigenvalue weighted by Gasteiger charge is -2.34. The second kappa shape index (κ2) is 8.61. The number of para-hydroxylation sites is 1. The fourth-order valence-corrected chi connectivity index (χ4v) is 3.32. The number of benzene rings is 1. The van der Waals surface area contributed by atoms with Crippen molar-refractivity contribution in [3.05, 3.63) is 41.0 Å². The molecule has 1 aliphatic heterocycles. The highest BCUT2D eigenvalue weighted by atomic mass is 35.5. The molecule has 6 heteroatoms. The maximum atomic E-state index is 11.8. The third kappa shape index (κ3) is 4.91. The lowest BCUT2D eigenvalue weighted by atomic mass is 10.1. The number of aromatic nitrogens is 1. The molecule has 1 amide bonds. The highest BCUT2D eigenvalue weighted by Gasteiger charge is 2.20. The molecular weight excluding hydrogens is 336 g/mol. The van der Waals surface area contributed by atoms with Crippen LogP contribution >= 0.6 is 11.6 Å². The molecular formula is C19H25ClN4O. The van der Waals surface area contributed by atoms with Gasteiger partial charge in [0.25, 0.3) is 0 Å². The molecule has 1 saturated heterocycles. The van der Waals surface area contributed by atoms with Crippen LogP contribution in [0.2, 0.25) is 5.15 Å². The molecule has 3 rings (SSSR count). The normalized spacial score (nSPS) is 16.2. The Bertz CT molecular complexity index is 728. The standard InChI is InChI=1S/C19H25ClN4O/c1-2-7-21-18(25)14-24-10-8-23(9-11-24)13-16-12-15-5-3-4-6-17(15)22-19(16)20/h3-6,12H,2,7-11,13-14H2,1H3,(H,21,25). The topological polar surface area (TPSA) is 48.5 Å². The number of piperazine rings is 1. The summed E-state index contributed by atoms with van der Waals surface area (Å²) in [5.74, 6) is 0.122. The third-order valence-corrected chi connectivity index (χ3v) is 4.88. The highest BCUT2D eigenvalue weighted by molar-refractivity contribution is 6.30. The Balaban J connectivity index is 1.54. The first-order valence-corrected chi connectivity index (χ1v) is 9.29. The largest absolute Gasteiger partial charge is 0.355 e. The summed E-state index contributed by atoms with van der Waals surface area (Å²) in [5.41, 5.74) is 1.99. The smallest absolute Gasteiger partial charge is 0.234 e. The summed E-state index contributed by atoms with van der Waals surface area (Å²) < 4.78 is 0. The van der Waals surface area contributed by atoms with Crippen LogP contribution in [0.4, 0.5) is 0 Å². The van der Waals surface area contributed by atoms with E-state index in [1.165, 1.54) is 0 Å². The van der Waals surface area contributed by atoms with Crippen LogP contribution < -0.4 is 5.32 Å². The second-order valence-electron chi connectivity index (χ2n) is 6.53. The quantitative estimate of drug-likeness (QED) is 0.804. The Morgan fingerprint density at radius 2 is 1.92 bits per heavy atom. The van der Waals surface area contributed by atoms with Gasteiger partial charge in [0, 0.05) is 50.2 Å². The summed E-state index contributed by atoms with van der Waals surface area (Å²) in [5, 5.41) is 4.64. The summed E-state index contributed by atoms with van der Waals surface area (Å²) in [4.78, 5) is 20.9. The zero-order valence-corrected chi connectivity index (χ0v) is 15.4. The first kappa shape index (κ1) is 18.1. The number of carbonyl (C=O) groups is 1. The third-order valence-electron chi connectivity index (χ3n) is 4.55. The van der Waals surface area contributed by atoms with Crippen molar-refractivity contribution in [1.82, 2.24) is 20.1 Å². The van der Waals surface area contributed by atoms with E-state index < -0.39 is 0 Å². The van der Waals surface area contributed by atoms with Crippen LogP contribution in [0.25, 0.3) is 10.9 Å². The predicted molar refractivity (Wildman–Crippen MR) is 102 cm³/mol. The Labute approximate surface area is 154 Å². The van der Waals surface area contributed by atoms with Crippen LogP contribution in [0, 0.1) is 0 Å². The summed E-state index contributed by atoms with van der Waals surface area (Å²) in [6, 6.07) is 10.2. The zero-order chi connectivity index (χ0) is 17.6. The fourth-order valence-electron chi connectivity index (χ4n) is 3.12. The number of pyridine rings is 1. The van der Waals surface area contributed by atoms with E-state index in [-0.39, 0.29) is 5.91 Å². The molecule has 1 aliphatic rings. The average molecular weight is 361 g/mol. The minimum Gasteiger partial charge on any atom is -0.355 e. The van der Waals surface area contributed by atoms with E-state index >= 15 is 0 Å². The van der Waals surface area contributed by atoms with Gasteiger partial charge >= 0.3 is 0 Å². The van der Waals surface area contributed by atoms with Crippen molar-refractivity contribution < 1.29 is 4.79 Å². The molecule has 25 heavy (non-hydrogen) atoms. The predicted octanol–water partition coefficient (Wildman–Crippen LogP) is 2.53. The van der Waals surface area contributed by atoms with Crippen molar-refractivity contribution >= 4 is 28.4 Å². The minimum atomic E-state index is 0.122. The average Bonchev–Trinajstić information content (AvgIpc) is 2.62. The number of hydrogen-bond acceptors (Lipinski definition) is 4. The molecule has 0 saturated carbocycles. The molecule has 134 valence electrons. The van der Waals surface area contributed by atoms with Crippen LogP contribution in [0.1, 0.15) is 18.9 Å². The van der Waals surface area contributed by atoms with E-state index in [4.69, 9.17) is 11.6 Å². The molecule has 0 bridgehead atoms. The summed E-state index contributed by atoms with van der Waals surface area (Å²) >= 11 is 6.37. The summed E-state index contributed by atoms with van der Waals surface area (Å²) in [7, 11) is 0. The minimum absolute atomic E-state index is 0.122. The molecule has 1 aromatic carbocycles. The van der Waals surface area contributed by atoms with Crippen molar-refractivity contribution in [3.8, 4) is 0 Å². The van der Waals surface area contributed by atoms with Gasteiger partial charge in [-0.15, -0.1) is 0 Å². The lowest BCUT2D eigenvalue weighted by molar-refractivity contribution is -0.122. The van der Waals surface area contributed by atoms with E-state index in [1.54, 1.807) is 0 Å². The van der Waals surface area contributed by atoms with Gasteiger partial charge < -0.3 is 5.32 Å². The van der Waals surface area contributed by atoms with Crippen molar-refractivity contribution in [2.75, 3.05) is 39.3 Å². The molecule has 0 aliphatic carbocycles. The summed E-state index contributed by atoms with van der Waals surface area (Å²) in [6.07, 6.45) is 0.972. The maximum absolute atomic E-state index is 11.8. The van der Waals surface area contributed by atoms with Gasteiger partial charge in [0.15, 0.2) is 0 Å². The van der Waals surface area contributed by atoms with E-state index in [0.29, 0.717) is 11.7 Å². The number of carbonyl (C=O) groups excluding carboxylic acids is 1. The van der Waals surface area contributed by atoms with Crippen molar-refractivity contribution in [2.45, 2.75) is 19.9 Å². The Morgan fingerprint density at radius 1 is 1.20 bits per heavy atom. The van der Waals surface area contributed by atoms with Crippen molar-refractivity contribution in [2.24, 2.45) is 0 Å². The summed E-state index contributed by atoms with van der Waals surface area (Å²) in [6.45, 7) is 7.78. The van der Waals surface area contributed by atoms with Crippen molar-refractivity contribution in [1.29, 1.82) is 0 Å². The lowest BCUT2D eigenvalue weighted by Crippen LogP contribution is -2.49. The van der Waals surface area contributed by atoms with Crippen LogP contribution in [0.3, 0.4) is 0 Å². The molecule has 0 radical (unpaired) electrons. The number of fused-ring (bicyclic) bond motifs is 1. The number of nitrogens with zero attached hydrogens (tertiary/aromatic N) is 3. The van der Waals surface area contributed by atoms with E-state index in [2.05, 4.69) is 39.2 Å². The Morgan fingerprint density at radius 3 is 2.68 bits per heavy atom. The van der Waals surface area contributed by atoms with Gasteiger partial charge in [-0.05, 0) is 18.6 Å². The van der Waals surface area contributed by atoms with Crippen LogP contribution in [0.5, 0.6) is 0 Å². The molecule has 1 N–H and O–H groups in total. The van der Waals surface area contributed by atoms with Crippen LogP contribution in [-0.4, -0.2) is 60.0 Å². The highest BCUT2D eigenvalue weighted by Crippen LogP contribution is 2.22. The van der Waals surface area contributed by atoms with Gasteiger partial charge in [0.2, 0.25) is 5.91 Å². The Kier molecular flexibility index (Phi) is 6.24. The fraction of sp³-hybridized carbons (Fsp3) is 0.474. The van der Waals surface area contributed by atoms with Gasteiger partial charge in [-0.3, -0.25) is 14.6 Å². The molecule has 0 unspecified atom stereocenters. The molecule has 5 nitrogen and oxygen atoms in total. The molecule has 2 heterocycles. The van der Waals surface area contributed by atoms with Gasteiger partial charge in [-0.25, -0.2) is 4.98 Å². The number of halogens is 1. The van der Waals surface area contributed by atoms with Gasteiger partial charge in [0.1, 0.15) is 5.15 Å². The molecule has 0 spiro atoms. The first-order valence-electron chi connectivity index (χ1n) is 8.91. The van der Waals surface area contributed by atoms with Crippen LogP contribution in [0.15, 0.2) is 30.3 Å². The number of amides is 1. The first-order chi connectivity index (χ1) is 12.2. The number of nitrogens with one attached hydrogen (secondary N) is 1. The van der Waals surface area contributed by atoms with Gasteiger partial charge in [0.05, 0.1) is 12.1 Å². The maximum Gasteiger partial charge on any atom is 0.234 e. The van der Waals surface area contributed by atoms with Gasteiger partial charge in [-0.1, -0.05) is 36.7 Å². The van der Waals surface area contributed by atoms with Crippen molar-refractivity contribution in [3.63, 3.8) is 0 Å². The zero-order valence-electron chi connectivity index (χ0n) is 14.7. The Hall–Kier alpha value is -1.69. The monoisotopic (exact) mass is 360 g/mol. The number of hydrogen-bond donors (Lipinski definition) is 1. The molecule has 1 fully saturated rings. The SMILES string of the molecule is CCCNC(=O)CN1CCN(Cc2cc3ccccc3nc2Cl)CC1. The molecule has 0 atom stereocenters. The van der Waals surface area contributed by atoms with E-state index in [9.17, 15) is 4.79 Å².